The molecule has 1 aromatic carbocycles. The van der Waals surface area contributed by atoms with Crippen molar-refractivity contribution in [2.45, 2.75) is 26.4 Å². The topological polar surface area (TPSA) is 92.1 Å². The molecule has 166 valence electrons. The molecule has 0 aliphatic heterocycles. The standard InChI is InChI=1S/C23H23ClN4O3S/c1-13-8-15(24)9-18(21(13)31-12-14(2)25)17-4-6-26-19-10-16(32-22(17)19)11-28-20(29)5-7-27(3)23(28)30/h4-10,14H,11-12,25H2,1-3H3. The summed E-state index contributed by atoms with van der Waals surface area (Å²) in [4.78, 5) is 30.0. The van der Waals surface area contributed by atoms with Crippen molar-refractivity contribution in [1.29, 1.82) is 0 Å². The Morgan fingerprint density at radius 2 is 2.00 bits per heavy atom. The molecule has 32 heavy (non-hydrogen) atoms. The van der Waals surface area contributed by atoms with Crippen molar-refractivity contribution in [2.75, 3.05) is 6.61 Å². The molecule has 0 saturated carbocycles. The van der Waals surface area contributed by atoms with Gasteiger partial charge < -0.3 is 15.0 Å². The van der Waals surface area contributed by atoms with Crippen LogP contribution in [0.4, 0.5) is 0 Å². The third-order valence-corrected chi connectivity index (χ3v) is 6.40. The largest absolute Gasteiger partial charge is 0.491 e. The van der Waals surface area contributed by atoms with Gasteiger partial charge in [-0.1, -0.05) is 11.6 Å². The Labute approximate surface area is 193 Å². The molecular weight excluding hydrogens is 448 g/mol. The summed E-state index contributed by atoms with van der Waals surface area (Å²) in [6, 6.07) is 8.82. The lowest BCUT2D eigenvalue weighted by molar-refractivity contribution is 0.295. The predicted molar refractivity (Wildman–Crippen MR) is 129 cm³/mol. The predicted octanol–water partition coefficient (Wildman–Crippen LogP) is 3.56. The Balaban J connectivity index is 1.83. The number of rotatable bonds is 6. The summed E-state index contributed by atoms with van der Waals surface area (Å²) in [5.74, 6) is 0.724. The summed E-state index contributed by atoms with van der Waals surface area (Å²) < 4.78 is 9.57. The van der Waals surface area contributed by atoms with E-state index in [1.807, 2.05) is 38.1 Å². The number of nitrogens with zero attached hydrogens (tertiary/aromatic N) is 3. The van der Waals surface area contributed by atoms with Gasteiger partial charge in [0.05, 0.1) is 16.8 Å². The molecule has 0 amide bonds. The van der Waals surface area contributed by atoms with Crippen molar-refractivity contribution in [3.63, 3.8) is 0 Å². The van der Waals surface area contributed by atoms with Gasteiger partial charge in [0.1, 0.15) is 12.4 Å². The molecule has 0 saturated heterocycles. The van der Waals surface area contributed by atoms with E-state index in [0.717, 1.165) is 37.5 Å². The van der Waals surface area contributed by atoms with Gasteiger partial charge in [-0.15, -0.1) is 11.3 Å². The van der Waals surface area contributed by atoms with Gasteiger partial charge in [0.2, 0.25) is 0 Å². The first-order valence-electron chi connectivity index (χ1n) is 10.1. The number of hydrogen-bond acceptors (Lipinski definition) is 6. The van der Waals surface area contributed by atoms with E-state index in [4.69, 9.17) is 22.1 Å². The lowest BCUT2D eigenvalue weighted by Gasteiger charge is -2.17. The zero-order chi connectivity index (χ0) is 23.0. The Bertz CT molecular complexity index is 1420. The number of aryl methyl sites for hydroxylation is 2. The number of aromatic nitrogens is 3. The molecule has 4 aromatic rings. The summed E-state index contributed by atoms with van der Waals surface area (Å²) in [6.07, 6.45) is 3.20. The molecule has 3 aromatic heterocycles. The first-order valence-corrected chi connectivity index (χ1v) is 11.3. The van der Waals surface area contributed by atoms with Crippen LogP contribution in [0.1, 0.15) is 17.4 Å². The Morgan fingerprint density at radius 1 is 1.22 bits per heavy atom. The highest BCUT2D eigenvalue weighted by atomic mass is 35.5. The average molecular weight is 471 g/mol. The molecule has 0 aliphatic rings. The van der Waals surface area contributed by atoms with E-state index in [0.29, 0.717) is 11.6 Å². The monoisotopic (exact) mass is 470 g/mol. The number of thiophene rings is 1. The van der Waals surface area contributed by atoms with Gasteiger partial charge in [-0.3, -0.25) is 14.3 Å². The number of hydrogen-bond donors (Lipinski definition) is 1. The minimum atomic E-state index is -0.361. The Morgan fingerprint density at radius 3 is 2.75 bits per heavy atom. The van der Waals surface area contributed by atoms with Crippen molar-refractivity contribution < 1.29 is 4.74 Å². The minimum absolute atomic E-state index is 0.115. The van der Waals surface area contributed by atoms with Gasteiger partial charge in [-0.2, -0.15) is 0 Å². The zero-order valence-corrected chi connectivity index (χ0v) is 19.5. The van der Waals surface area contributed by atoms with E-state index >= 15 is 0 Å². The summed E-state index contributed by atoms with van der Waals surface area (Å²) >= 11 is 7.87. The number of pyridine rings is 1. The summed E-state index contributed by atoms with van der Waals surface area (Å²) in [7, 11) is 1.62. The second-order valence-electron chi connectivity index (χ2n) is 7.81. The summed E-state index contributed by atoms with van der Waals surface area (Å²) in [5.41, 5.74) is 8.66. The fourth-order valence-electron chi connectivity index (χ4n) is 3.53. The third kappa shape index (κ3) is 4.34. The summed E-state index contributed by atoms with van der Waals surface area (Å²) in [5, 5.41) is 0.603. The van der Waals surface area contributed by atoms with Crippen LogP contribution < -0.4 is 21.7 Å². The second kappa shape index (κ2) is 8.90. The quantitative estimate of drug-likeness (QED) is 0.465. The number of ether oxygens (including phenoxy) is 1. The molecule has 0 fully saturated rings. The van der Waals surface area contributed by atoms with Gasteiger partial charge in [0.15, 0.2) is 0 Å². The first kappa shape index (κ1) is 22.3. The van der Waals surface area contributed by atoms with Gasteiger partial charge >= 0.3 is 5.69 Å². The van der Waals surface area contributed by atoms with Gasteiger partial charge in [0.25, 0.3) is 5.56 Å². The van der Waals surface area contributed by atoms with E-state index in [1.54, 1.807) is 13.2 Å². The van der Waals surface area contributed by atoms with Crippen LogP contribution in [0, 0.1) is 6.92 Å². The highest BCUT2D eigenvalue weighted by Crippen LogP contribution is 2.41. The third-order valence-electron chi connectivity index (χ3n) is 5.04. The summed E-state index contributed by atoms with van der Waals surface area (Å²) in [6.45, 7) is 4.38. The van der Waals surface area contributed by atoms with Crippen molar-refractivity contribution in [1.82, 2.24) is 14.1 Å². The van der Waals surface area contributed by atoms with Crippen LogP contribution in [0.2, 0.25) is 5.02 Å². The Hall–Kier alpha value is -2.94. The van der Waals surface area contributed by atoms with Crippen LogP contribution in [0.5, 0.6) is 5.75 Å². The van der Waals surface area contributed by atoms with E-state index in [9.17, 15) is 9.59 Å². The fourth-order valence-corrected chi connectivity index (χ4v) is 4.93. The van der Waals surface area contributed by atoms with Crippen molar-refractivity contribution in [2.24, 2.45) is 12.8 Å². The molecule has 1 unspecified atom stereocenters. The fraction of sp³-hybridized carbons (Fsp3) is 0.261. The van der Waals surface area contributed by atoms with Crippen molar-refractivity contribution in [3.8, 4) is 16.9 Å². The zero-order valence-electron chi connectivity index (χ0n) is 18.0. The molecular formula is C23H23ClN4O3S. The van der Waals surface area contributed by atoms with E-state index in [1.165, 1.54) is 32.7 Å². The minimum Gasteiger partial charge on any atom is -0.491 e. The van der Waals surface area contributed by atoms with Gasteiger partial charge in [-0.25, -0.2) is 4.79 Å². The smallest absolute Gasteiger partial charge is 0.331 e. The molecule has 9 heteroatoms. The van der Waals surface area contributed by atoms with Crippen molar-refractivity contribution >= 4 is 33.2 Å². The molecule has 1 atom stereocenters. The SMILES string of the molecule is Cc1cc(Cl)cc(-c2ccnc3cc(Cn4c(=O)ccn(C)c4=O)sc23)c1OCC(C)N. The Kier molecular flexibility index (Phi) is 6.19. The van der Waals surface area contributed by atoms with E-state index < -0.39 is 0 Å². The van der Waals surface area contributed by atoms with Crippen LogP contribution >= 0.6 is 22.9 Å². The molecule has 3 heterocycles. The van der Waals surface area contributed by atoms with Crippen LogP contribution in [-0.2, 0) is 13.6 Å². The molecule has 0 radical (unpaired) electrons. The van der Waals surface area contributed by atoms with Crippen LogP contribution in [0.15, 0.2) is 52.3 Å². The first-order chi connectivity index (χ1) is 15.2. The lowest BCUT2D eigenvalue weighted by Crippen LogP contribution is -2.37. The number of fused-ring (bicyclic) bond motifs is 1. The van der Waals surface area contributed by atoms with Gasteiger partial charge in [-0.05, 0) is 43.7 Å². The number of halogens is 1. The molecule has 4 rings (SSSR count). The van der Waals surface area contributed by atoms with Gasteiger partial charge in [0, 0.05) is 52.6 Å². The highest BCUT2D eigenvalue weighted by molar-refractivity contribution is 7.19. The van der Waals surface area contributed by atoms with E-state index in [-0.39, 0.29) is 23.8 Å². The normalized spacial score (nSPS) is 12.3. The van der Waals surface area contributed by atoms with Crippen LogP contribution in [-0.4, -0.2) is 26.8 Å². The average Bonchev–Trinajstić information content (AvgIpc) is 3.15. The maximum Gasteiger partial charge on any atom is 0.331 e. The highest BCUT2D eigenvalue weighted by Gasteiger charge is 2.17. The maximum absolute atomic E-state index is 12.4. The molecule has 0 spiro atoms. The molecule has 2 N–H and O–H groups in total. The van der Waals surface area contributed by atoms with E-state index in [2.05, 4.69) is 4.98 Å². The molecule has 0 aliphatic carbocycles. The number of nitrogens with two attached hydrogens (primary N) is 1. The molecule has 0 bridgehead atoms. The van der Waals surface area contributed by atoms with Crippen LogP contribution in [0.3, 0.4) is 0 Å². The molecule has 7 nitrogen and oxygen atoms in total. The van der Waals surface area contributed by atoms with Crippen LogP contribution in [0.25, 0.3) is 21.3 Å². The lowest BCUT2D eigenvalue weighted by atomic mass is 10.0. The number of benzene rings is 1. The van der Waals surface area contributed by atoms with Crippen molar-refractivity contribution in [3.05, 3.63) is 79.0 Å². The second-order valence-corrected chi connectivity index (χ2v) is 9.38. The maximum atomic E-state index is 12.4.